The second kappa shape index (κ2) is 8.66. The molecular formula is C15H21BrCl2N2O3S. The fourth-order valence-corrected chi connectivity index (χ4v) is 5.73. The third-order valence-corrected chi connectivity index (χ3v) is 6.80. The molecule has 136 valence electrons. The molecule has 1 aromatic rings. The molecule has 0 radical (unpaired) electrons. The summed E-state index contributed by atoms with van der Waals surface area (Å²) < 4.78 is 34.0. The molecule has 9 heteroatoms. The first-order chi connectivity index (χ1) is 11.2. The molecule has 0 bridgehead atoms. The van der Waals surface area contributed by atoms with Crippen molar-refractivity contribution >= 4 is 49.2 Å². The van der Waals surface area contributed by atoms with Crippen LogP contribution in [0.25, 0.3) is 0 Å². The molecule has 0 aliphatic carbocycles. The van der Waals surface area contributed by atoms with Crippen molar-refractivity contribution in [1.29, 1.82) is 0 Å². The van der Waals surface area contributed by atoms with Crippen molar-refractivity contribution in [1.82, 2.24) is 9.62 Å². The van der Waals surface area contributed by atoms with Crippen LogP contribution in [0.15, 0.2) is 21.5 Å². The van der Waals surface area contributed by atoms with E-state index < -0.39 is 10.0 Å². The van der Waals surface area contributed by atoms with E-state index >= 15 is 0 Å². The normalized spacial score (nSPS) is 18.1. The average molecular weight is 460 g/mol. The van der Waals surface area contributed by atoms with Gasteiger partial charge in [0.2, 0.25) is 10.0 Å². The Morgan fingerprint density at radius 2 is 1.79 bits per heavy atom. The summed E-state index contributed by atoms with van der Waals surface area (Å²) in [5, 5.41) is 0.184. The van der Waals surface area contributed by atoms with Gasteiger partial charge in [-0.1, -0.05) is 53.0 Å². The number of rotatable bonds is 6. The Morgan fingerprint density at radius 1 is 1.25 bits per heavy atom. The lowest BCUT2D eigenvalue weighted by Crippen LogP contribution is -2.51. The van der Waals surface area contributed by atoms with Crippen LogP contribution < -0.4 is 4.72 Å². The van der Waals surface area contributed by atoms with Gasteiger partial charge in [0.1, 0.15) is 4.90 Å². The first-order valence-corrected chi connectivity index (χ1v) is 10.7. The highest BCUT2D eigenvalue weighted by atomic mass is 79.9. The van der Waals surface area contributed by atoms with E-state index in [0.29, 0.717) is 30.1 Å². The average Bonchev–Trinajstić information content (AvgIpc) is 2.46. The number of ether oxygens (including phenoxy) is 1. The quantitative estimate of drug-likeness (QED) is 0.708. The Balaban J connectivity index is 2.16. The molecule has 1 heterocycles. The maximum atomic E-state index is 12.7. The van der Waals surface area contributed by atoms with E-state index in [9.17, 15) is 8.42 Å². The van der Waals surface area contributed by atoms with E-state index in [1.165, 1.54) is 12.1 Å². The zero-order valence-electron chi connectivity index (χ0n) is 13.6. The van der Waals surface area contributed by atoms with Crippen LogP contribution in [0.4, 0.5) is 0 Å². The van der Waals surface area contributed by atoms with Crippen LogP contribution in [0.1, 0.15) is 13.8 Å². The molecule has 0 spiro atoms. The van der Waals surface area contributed by atoms with Gasteiger partial charge in [-0.3, -0.25) is 4.90 Å². The molecule has 5 nitrogen and oxygen atoms in total. The summed E-state index contributed by atoms with van der Waals surface area (Å²) >= 11 is 15.4. The molecule has 1 N–H and O–H groups in total. The zero-order chi connectivity index (χ0) is 17.9. The Hall–Kier alpha value is 0.110. The maximum Gasteiger partial charge on any atom is 0.243 e. The molecule has 0 amide bonds. The van der Waals surface area contributed by atoms with E-state index in [0.717, 1.165) is 13.1 Å². The highest BCUT2D eigenvalue weighted by molar-refractivity contribution is 9.10. The minimum atomic E-state index is -3.80. The van der Waals surface area contributed by atoms with Crippen molar-refractivity contribution in [3.63, 3.8) is 0 Å². The van der Waals surface area contributed by atoms with E-state index in [-0.39, 0.29) is 21.0 Å². The van der Waals surface area contributed by atoms with Crippen molar-refractivity contribution in [2.24, 2.45) is 5.92 Å². The topological polar surface area (TPSA) is 58.6 Å². The molecule has 1 aliphatic heterocycles. The van der Waals surface area contributed by atoms with Crippen molar-refractivity contribution in [3.05, 3.63) is 26.7 Å². The molecule has 1 unspecified atom stereocenters. The first kappa shape index (κ1) is 20.4. The van der Waals surface area contributed by atoms with Crippen molar-refractivity contribution in [2.75, 3.05) is 32.8 Å². The summed E-state index contributed by atoms with van der Waals surface area (Å²) in [5.41, 5.74) is 0. The summed E-state index contributed by atoms with van der Waals surface area (Å²) in [5.74, 6) is 0.293. The summed E-state index contributed by atoms with van der Waals surface area (Å²) in [6.45, 7) is 7.38. The number of benzene rings is 1. The summed E-state index contributed by atoms with van der Waals surface area (Å²) in [6, 6.07) is 3.12. The molecule has 2 rings (SSSR count). The van der Waals surface area contributed by atoms with E-state index in [1.54, 1.807) is 0 Å². The van der Waals surface area contributed by atoms with Gasteiger partial charge in [0, 0.05) is 30.1 Å². The van der Waals surface area contributed by atoms with Gasteiger partial charge >= 0.3 is 0 Å². The van der Waals surface area contributed by atoms with Gasteiger partial charge in [0.05, 0.1) is 23.3 Å². The fourth-order valence-electron chi connectivity index (χ4n) is 2.75. The Labute approximate surface area is 161 Å². The van der Waals surface area contributed by atoms with Gasteiger partial charge in [-0.2, -0.15) is 0 Å². The molecule has 1 aromatic carbocycles. The van der Waals surface area contributed by atoms with Crippen LogP contribution >= 0.6 is 39.1 Å². The predicted molar refractivity (Wildman–Crippen MR) is 100 cm³/mol. The number of nitrogens with one attached hydrogen (secondary N) is 1. The summed E-state index contributed by atoms with van der Waals surface area (Å²) in [6.07, 6.45) is 0. The number of morpholine rings is 1. The number of sulfonamides is 1. The summed E-state index contributed by atoms with van der Waals surface area (Å²) in [4.78, 5) is 2.17. The van der Waals surface area contributed by atoms with Crippen molar-refractivity contribution in [2.45, 2.75) is 24.8 Å². The van der Waals surface area contributed by atoms with Crippen LogP contribution in [-0.2, 0) is 14.8 Å². The molecular weight excluding hydrogens is 439 g/mol. The number of hydrogen-bond donors (Lipinski definition) is 1. The molecule has 0 aromatic heterocycles. The highest BCUT2D eigenvalue weighted by Crippen LogP contribution is 2.32. The zero-order valence-corrected chi connectivity index (χ0v) is 17.5. The van der Waals surface area contributed by atoms with E-state index in [1.807, 2.05) is 0 Å². The van der Waals surface area contributed by atoms with Gasteiger partial charge in [-0.25, -0.2) is 13.1 Å². The van der Waals surface area contributed by atoms with Crippen LogP contribution in [0.2, 0.25) is 10.0 Å². The molecule has 0 saturated carbocycles. The maximum absolute atomic E-state index is 12.7. The van der Waals surface area contributed by atoms with E-state index in [2.05, 4.69) is 39.4 Å². The molecule has 1 saturated heterocycles. The van der Waals surface area contributed by atoms with Gasteiger partial charge in [-0.15, -0.1) is 0 Å². The monoisotopic (exact) mass is 458 g/mol. The Kier molecular flexibility index (Phi) is 7.37. The number of hydrogen-bond acceptors (Lipinski definition) is 4. The smallest absolute Gasteiger partial charge is 0.243 e. The van der Waals surface area contributed by atoms with Gasteiger partial charge in [-0.05, 0) is 18.1 Å². The lowest BCUT2D eigenvalue weighted by atomic mass is 10.0. The Morgan fingerprint density at radius 3 is 2.29 bits per heavy atom. The van der Waals surface area contributed by atoms with Crippen LogP contribution in [0, 0.1) is 5.92 Å². The largest absolute Gasteiger partial charge is 0.379 e. The highest BCUT2D eigenvalue weighted by Gasteiger charge is 2.28. The standard InChI is InChI=1S/C15H21BrCl2N2O3S/c1-10(2)14(20-3-5-23-6-4-20)9-19-24(21,22)15-12(17)7-11(16)8-13(15)18/h7-8,10,14,19H,3-6,9H2,1-2H3. The predicted octanol–water partition coefficient (Wildman–Crippen LogP) is 3.39. The Bertz CT molecular complexity index is 656. The second-order valence-corrected chi connectivity index (χ2v) is 9.44. The fraction of sp³-hybridized carbons (Fsp3) is 0.600. The lowest BCUT2D eigenvalue weighted by Gasteiger charge is -2.36. The van der Waals surface area contributed by atoms with Crippen LogP contribution in [0.3, 0.4) is 0 Å². The van der Waals surface area contributed by atoms with Crippen LogP contribution in [-0.4, -0.2) is 52.2 Å². The molecule has 1 fully saturated rings. The third kappa shape index (κ3) is 5.06. The first-order valence-electron chi connectivity index (χ1n) is 7.68. The van der Waals surface area contributed by atoms with Crippen molar-refractivity contribution < 1.29 is 13.2 Å². The van der Waals surface area contributed by atoms with E-state index in [4.69, 9.17) is 27.9 Å². The van der Waals surface area contributed by atoms with Gasteiger partial charge in [0.15, 0.2) is 0 Å². The van der Waals surface area contributed by atoms with Crippen LogP contribution in [0.5, 0.6) is 0 Å². The minimum absolute atomic E-state index is 0.0803. The van der Waals surface area contributed by atoms with Crippen molar-refractivity contribution in [3.8, 4) is 0 Å². The minimum Gasteiger partial charge on any atom is -0.379 e. The third-order valence-electron chi connectivity index (χ3n) is 4.00. The summed E-state index contributed by atoms with van der Waals surface area (Å²) in [7, 11) is -3.80. The number of nitrogens with zero attached hydrogens (tertiary/aromatic N) is 1. The molecule has 1 atom stereocenters. The number of halogens is 3. The molecule has 24 heavy (non-hydrogen) atoms. The van der Waals surface area contributed by atoms with Gasteiger partial charge in [0.25, 0.3) is 0 Å². The second-order valence-electron chi connectivity index (χ2n) is 6.01. The SMILES string of the molecule is CC(C)C(CNS(=O)(=O)c1c(Cl)cc(Br)cc1Cl)N1CCOCC1. The lowest BCUT2D eigenvalue weighted by molar-refractivity contribution is 0.00776. The van der Waals surface area contributed by atoms with Gasteiger partial charge < -0.3 is 4.74 Å². The molecule has 1 aliphatic rings.